The number of aromatic nitrogens is 4. The highest BCUT2D eigenvalue weighted by atomic mass is 32.2. The molecule has 0 atom stereocenters. The van der Waals surface area contributed by atoms with Crippen LogP contribution in [0, 0.1) is 6.92 Å². The predicted molar refractivity (Wildman–Crippen MR) is 132 cm³/mol. The molecule has 0 N–H and O–H groups in total. The van der Waals surface area contributed by atoms with E-state index < -0.39 is 9.84 Å². The summed E-state index contributed by atoms with van der Waals surface area (Å²) in [5, 5.41) is 8.29. The Bertz CT molecular complexity index is 1310. The Kier molecular flexibility index (Phi) is 7.15. The molecule has 4 rings (SSSR count). The maximum Gasteiger partial charge on any atom is 0.256 e. The summed E-state index contributed by atoms with van der Waals surface area (Å²) in [6.45, 7) is 9.41. The van der Waals surface area contributed by atoms with E-state index in [1.54, 1.807) is 31.2 Å². The fraction of sp³-hybridized carbons (Fsp3) is 0.458. The van der Waals surface area contributed by atoms with E-state index in [1.807, 2.05) is 6.92 Å². The zero-order valence-electron chi connectivity index (χ0n) is 20.6. The minimum Gasteiger partial charge on any atom is -0.356 e. The second kappa shape index (κ2) is 10.1. The van der Waals surface area contributed by atoms with Crippen LogP contribution in [0.25, 0.3) is 0 Å². The molecule has 0 aliphatic carbocycles. The number of hydrogen-bond donors (Lipinski definition) is 0. The third-order valence-corrected chi connectivity index (χ3v) is 7.23. The molecule has 1 aliphatic heterocycles. The maximum absolute atomic E-state index is 11.7. The van der Waals surface area contributed by atoms with Gasteiger partial charge in [0.05, 0.1) is 16.2 Å². The molecule has 1 aliphatic rings. The highest BCUT2D eigenvalue weighted by Gasteiger charge is 2.27. The second-order valence-corrected chi connectivity index (χ2v) is 11.1. The summed E-state index contributed by atoms with van der Waals surface area (Å²) in [4.78, 5) is 21.4. The topological polar surface area (TPSA) is 124 Å². The molecule has 0 amide bonds. The number of nitrogens with zero attached hydrogens (tertiary/aromatic N) is 6. The lowest BCUT2D eigenvalue weighted by Crippen LogP contribution is -2.34. The largest absolute Gasteiger partial charge is 0.356 e. The van der Waals surface area contributed by atoms with E-state index in [0.29, 0.717) is 17.5 Å². The SMILES string of the molecule is C/C(=N/Oc1ncnc(N2CCC(c3nc(C(C)C)no3)CC2)c1C)c1ccc(S(C)(=O)=O)cc1. The number of piperidine rings is 1. The van der Waals surface area contributed by atoms with Crippen molar-refractivity contribution in [3.05, 3.63) is 53.4 Å². The predicted octanol–water partition coefficient (Wildman–Crippen LogP) is 3.88. The quantitative estimate of drug-likeness (QED) is 0.352. The van der Waals surface area contributed by atoms with Crippen molar-refractivity contribution in [2.24, 2.45) is 5.16 Å². The number of rotatable bonds is 7. The van der Waals surface area contributed by atoms with Crippen molar-refractivity contribution < 1.29 is 17.8 Å². The lowest BCUT2D eigenvalue weighted by atomic mass is 9.96. The molecule has 1 saturated heterocycles. The minimum absolute atomic E-state index is 0.241. The van der Waals surface area contributed by atoms with Gasteiger partial charge in [0.2, 0.25) is 5.89 Å². The van der Waals surface area contributed by atoms with Crippen molar-refractivity contribution in [3.8, 4) is 5.88 Å². The molecule has 3 aromatic rings. The first-order valence-electron chi connectivity index (χ1n) is 11.6. The molecule has 35 heavy (non-hydrogen) atoms. The summed E-state index contributed by atoms with van der Waals surface area (Å²) in [5.74, 6) is 3.14. The Morgan fingerprint density at radius 1 is 1.17 bits per heavy atom. The average molecular weight is 499 g/mol. The molecular weight excluding hydrogens is 468 g/mol. The maximum atomic E-state index is 11.7. The number of sulfone groups is 1. The van der Waals surface area contributed by atoms with Gasteiger partial charge in [-0.2, -0.15) is 9.97 Å². The van der Waals surface area contributed by atoms with E-state index in [1.165, 1.54) is 12.6 Å². The van der Waals surface area contributed by atoms with Crippen LogP contribution >= 0.6 is 0 Å². The molecule has 0 radical (unpaired) electrons. The molecule has 1 aromatic carbocycles. The van der Waals surface area contributed by atoms with Crippen molar-refractivity contribution in [1.82, 2.24) is 20.1 Å². The number of benzene rings is 1. The molecule has 1 fully saturated rings. The van der Waals surface area contributed by atoms with Gasteiger partial charge in [-0.1, -0.05) is 36.3 Å². The molecule has 0 unspecified atom stereocenters. The third kappa shape index (κ3) is 5.67. The highest BCUT2D eigenvalue weighted by molar-refractivity contribution is 7.90. The van der Waals surface area contributed by atoms with Crippen LogP contribution < -0.4 is 9.74 Å². The van der Waals surface area contributed by atoms with Gasteiger partial charge in [0.15, 0.2) is 15.7 Å². The van der Waals surface area contributed by atoms with Gasteiger partial charge in [-0.05, 0) is 44.4 Å². The lowest BCUT2D eigenvalue weighted by molar-refractivity contribution is 0.321. The minimum atomic E-state index is -3.25. The van der Waals surface area contributed by atoms with Crippen molar-refractivity contribution in [2.75, 3.05) is 24.2 Å². The van der Waals surface area contributed by atoms with Crippen LogP contribution in [-0.2, 0) is 9.84 Å². The van der Waals surface area contributed by atoms with Gasteiger partial charge in [0.25, 0.3) is 5.88 Å². The first-order valence-corrected chi connectivity index (χ1v) is 13.4. The standard InChI is InChI=1S/C24H30N6O4S/c1-15(2)21-27-24(34-29-21)19-10-12-30(13-11-19)22-16(3)23(26-14-25-22)33-28-17(4)18-6-8-20(9-7-18)35(5,31)32/h6-9,14-15,19H,10-13H2,1-5H3/b28-17-. The van der Waals surface area contributed by atoms with Gasteiger partial charge >= 0.3 is 0 Å². The van der Waals surface area contributed by atoms with Crippen LogP contribution in [0.2, 0.25) is 0 Å². The van der Waals surface area contributed by atoms with Gasteiger partial charge in [-0.25, -0.2) is 13.4 Å². The smallest absolute Gasteiger partial charge is 0.256 e. The highest BCUT2D eigenvalue weighted by Crippen LogP contribution is 2.32. The van der Waals surface area contributed by atoms with Crippen LogP contribution in [0.3, 0.4) is 0 Å². The summed E-state index contributed by atoms with van der Waals surface area (Å²) in [6, 6.07) is 6.52. The van der Waals surface area contributed by atoms with E-state index in [2.05, 4.69) is 44.0 Å². The molecule has 10 nitrogen and oxygen atoms in total. The molecule has 2 aromatic heterocycles. The van der Waals surface area contributed by atoms with Gasteiger partial charge in [-0.3, -0.25) is 0 Å². The van der Waals surface area contributed by atoms with E-state index in [-0.39, 0.29) is 16.7 Å². The normalized spacial score (nSPS) is 15.6. The Labute approximate surface area is 205 Å². The van der Waals surface area contributed by atoms with E-state index in [4.69, 9.17) is 9.36 Å². The summed E-state index contributed by atoms with van der Waals surface area (Å²) in [5.41, 5.74) is 2.16. The van der Waals surface area contributed by atoms with Crippen molar-refractivity contribution in [2.45, 2.75) is 57.3 Å². The Morgan fingerprint density at radius 2 is 1.86 bits per heavy atom. The fourth-order valence-corrected chi connectivity index (χ4v) is 4.56. The van der Waals surface area contributed by atoms with Crippen LogP contribution in [0.5, 0.6) is 5.88 Å². The molecule has 186 valence electrons. The Balaban J connectivity index is 1.42. The lowest BCUT2D eigenvalue weighted by Gasteiger charge is -2.32. The van der Waals surface area contributed by atoms with E-state index in [0.717, 1.165) is 48.7 Å². The number of anilines is 1. The fourth-order valence-electron chi connectivity index (χ4n) is 3.93. The Morgan fingerprint density at radius 3 is 2.46 bits per heavy atom. The zero-order valence-corrected chi connectivity index (χ0v) is 21.4. The summed E-state index contributed by atoms with van der Waals surface area (Å²) in [6.07, 6.45) is 4.43. The van der Waals surface area contributed by atoms with Gasteiger partial charge in [0.1, 0.15) is 12.1 Å². The number of oxime groups is 1. The summed E-state index contributed by atoms with van der Waals surface area (Å²) >= 11 is 0. The number of hydrogen-bond acceptors (Lipinski definition) is 10. The molecule has 0 saturated carbocycles. The van der Waals surface area contributed by atoms with Crippen LogP contribution in [-0.4, -0.2) is 53.6 Å². The average Bonchev–Trinajstić information content (AvgIpc) is 3.34. The molecular formula is C24H30N6O4S. The van der Waals surface area contributed by atoms with Crippen molar-refractivity contribution in [3.63, 3.8) is 0 Å². The van der Waals surface area contributed by atoms with Gasteiger partial charge < -0.3 is 14.3 Å². The first kappa shape index (κ1) is 24.8. The van der Waals surface area contributed by atoms with Gasteiger partial charge in [-0.15, -0.1) is 0 Å². The Hall–Kier alpha value is -3.34. The third-order valence-electron chi connectivity index (χ3n) is 6.10. The second-order valence-electron chi connectivity index (χ2n) is 9.10. The molecule has 11 heteroatoms. The molecule has 3 heterocycles. The van der Waals surface area contributed by atoms with Gasteiger partial charge in [0, 0.05) is 31.2 Å². The van der Waals surface area contributed by atoms with Crippen molar-refractivity contribution >= 4 is 21.4 Å². The van der Waals surface area contributed by atoms with E-state index >= 15 is 0 Å². The van der Waals surface area contributed by atoms with Crippen molar-refractivity contribution in [1.29, 1.82) is 0 Å². The van der Waals surface area contributed by atoms with E-state index in [9.17, 15) is 8.42 Å². The summed E-state index contributed by atoms with van der Waals surface area (Å²) in [7, 11) is -3.25. The van der Waals surface area contributed by atoms with Crippen LogP contribution in [0.1, 0.15) is 68.3 Å². The summed E-state index contributed by atoms with van der Waals surface area (Å²) < 4.78 is 28.8. The van der Waals surface area contributed by atoms with Crippen LogP contribution in [0.4, 0.5) is 5.82 Å². The zero-order chi connectivity index (χ0) is 25.2. The first-order chi connectivity index (χ1) is 16.6. The van der Waals surface area contributed by atoms with Crippen LogP contribution in [0.15, 0.2) is 45.2 Å². The monoisotopic (exact) mass is 498 g/mol. The molecule has 0 bridgehead atoms. The molecule has 0 spiro atoms.